The van der Waals surface area contributed by atoms with Crippen molar-refractivity contribution in [1.82, 2.24) is 9.97 Å². The van der Waals surface area contributed by atoms with Crippen LogP contribution in [0, 0.1) is 6.92 Å². The van der Waals surface area contributed by atoms with E-state index in [1.54, 1.807) is 6.92 Å². The average molecular weight is 380 g/mol. The minimum atomic E-state index is -0.253. The maximum absolute atomic E-state index is 13.2. The molecule has 1 saturated heterocycles. The van der Waals surface area contributed by atoms with Crippen molar-refractivity contribution in [2.75, 3.05) is 29.9 Å². The molecule has 1 aliphatic rings. The predicted molar refractivity (Wildman–Crippen MR) is 108 cm³/mol. The van der Waals surface area contributed by atoms with E-state index in [-0.39, 0.29) is 5.91 Å². The molecule has 0 unspecified atom stereocenters. The van der Waals surface area contributed by atoms with Gasteiger partial charge in [0.15, 0.2) is 0 Å². The Labute approximate surface area is 163 Å². The standard InChI is InChI=1S/C21H24N4O3/c1-3-27-16-10-6-5-9-15(16)24-20(26)17-14(2)28-21-18(17)19(22-13-23-21)25-11-7-4-8-12-25/h5-6,9-10,13H,3-4,7-8,11-12H2,1-2H3,(H,24,26). The first-order valence-corrected chi connectivity index (χ1v) is 9.71. The van der Waals surface area contributed by atoms with Gasteiger partial charge in [0, 0.05) is 13.1 Å². The highest BCUT2D eigenvalue weighted by Crippen LogP contribution is 2.33. The molecule has 0 aliphatic carbocycles. The van der Waals surface area contributed by atoms with E-state index in [2.05, 4.69) is 20.2 Å². The van der Waals surface area contributed by atoms with Crippen molar-refractivity contribution in [2.24, 2.45) is 0 Å². The average Bonchev–Trinajstić information content (AvgIpc) is 3.06. The van der Waals surface area contributed by atoms with Crippen molar-refractivity contribution < 1.29 is 13.9 Å². The summed E-state index contributed by atoms with van der Waals surface area (Å²) in [6.07, 6.45) is 4.95. The van der Waals surface area contributed by atoms with E-state index in [0.717, 1.165) is 31.7 Å². The van der Waals surface area contributed by atoms with Crippen LogP contribution in [0.3, 0.4) is 0 Å². The SMILES string of the molecule is CCOc1ccccc1NC(=O)c1c(C)oc2ncnc(N3CCCCC3)c12. The van der Waals surface area contributed by atoms with E-state index >= 15 is 0 Å². The second-order valence-electron chi connectivity index (χ2n) is 6.84. The molecular formula is C21H24N4O3. The number of amides is 1. The van der Waals surface area contributed by atoms with Crippen LogP contribution in [0.5, 0.6) is 5.75 Å². The summed E-state index contributed by atoms with van der Waals surface area (Å²) >= 11 is 0. The Bertz CT molecular complexity index is 992. The molecule has 1 aromatic carbocycles. The third-order valence-corrected chi connectivity index (χ3v) is 4.96. The van der Waals surface area contributed by atoms with Gasteiger partial charge < -0.3 is 19.4 Å². The van der Waals surface area contributed by atoms with Gasteiger partial charge in [-0.2, -0.15) is 0 Å². The number of rotatable bonds is 5. The summed E-state index contributed by atoms with van der Waals surface area (Å²) in [5.74, 6) is 1.68. The van der Waals surface area contributed by atoms with Crippen molar-refractivity contribution in [3.05, 3.63) is 41.9 Å². The molecule has 2 aromatic heterocycles. The third-order valence-electron chi connectivity index (χ3n) is 4.96. The van der Waals surface area contributed by atoms with Gasteiger partial charge in [0.2, 0.25) is 5.71 Å². The Morgan fingerprint density at radius 2 is 2.00 bits per heavy atom. The molecule has 3 heterocycles. The molecule has 7 heteroatoms. The Hall–Kier alpha value is -3.09. The molecular weight excluding hydrogens is 356 g/mol. The number of anilines is 2. The molecule has 0 saturated carbocycles. The maximum atomic E-state index is 13.2. The van der Waals surface area contributed by atoms with Gasteiger partial charge >= 0.3 is 0 Å². The quantitative estimate of drug-likeness (QED) is 0.715. The topological polar surface area (TPSA) is 80.5 Å². The van der Waals surface area contributed by atoms with Gasteiger partial charge in [-0.25, -0.2) is 9.97 Å². The van der Waals surface area contributed by atoms with E-state index in [0.29, 0.717) is 40.5 Å². The number of fused-ring (bicyclic) bond motifs is 1. The van der Waals surface area contributed by atoms with Crippen molar-refractivity contribution in [2.45, 2.75) is 33.1 Å². The van der Waals surface area contributed by atoms with Gasteiger partial charge in [0.25, 0.3) is 5.91 Å². The van der Waals surface area contributed by atoms with Crippen molar-refractivity contribution in [1.29, 1.82) is 0 Å². The number of hydrogen-bond donors (Lipinski definition) is 1. The van der Waals surface area contributed by atoms with Gasteiger partial charge in [0.05, 0.1) is 23.2 Å². The first-order valence-electron chi connectivity index (χ1n) is 9.71. The van der Waals surface area contributed by atoms with Crippen LogP contribution in [0.15, 0.2) is 35.0 Å². The number of nitrogens with one attached hydrogen (secondary N) is 1. The number of benzene rings is 1. The van der Waals surface area contributed by atoms with E-state index in [1.807, 2.05) is 31.2 Å². The zero-order valence-electron chi connectivity index (χ0n) is 16.2. The molecule has 4 rings (SSSR count). The highest BCUT2D eigenvalue weighted by Gasteiger charge is 2.26. The van der Waals surface area contributed by atoms with Gasteiger partial charge in [-0.05, 0) is 45.2 Å². The summed E-state index contributed by atoms with van der Waals surface area (Å²) in [4.78, 5) is 24.2. The monoisotopic (exact) mass is 380 g/mol. The predicted octanol–water partition coefficient (Wildman–Crippen LogP) is 4.17. The van der Waals surface area contributed by atoms with Gasteiger partial charge in [-0.1, -0.05) is 12.1 Å². The number of aryl methyl sites for hydroxylation is 1. The number of aromatic nitrogens is 2. The fraction of sp³-hybridized carbons (Fsp3) is 0.381. The molecule has 0 atom stereocenters. The van der Waals surface area contributed by atoms with E-state index in [9.17, 15) is 4.79 Å². The van der Waals surface area contributed by atoms with Gasteiger partial charge in [-0.15, -0.1) is 0 Å². The number of piperidine rings is 1. The summed E-state index contributed by atoms with van der Waals surface area (Å²) in [7, 11) is 0. The van der Waals surface area contributed by atoms with Crippen LogP contribution < -0.4 is 15.0 Å². The Kier molecular flexibility index (Phi) is 5.14. The number of para-hydroxylation sites is 2. The van der Waals surface area contributed by atoms with Crippen LogP contribution in [0.1, 0.15) is 42.3 Å². The molecule has 0 bridgehead atoms. The molecule has 1 aliphatic heterocycles. The van der Waals surface area contributed by atoms with Gasteiger partial charge in [-0.3, -0.25) is 4.79 Å². The van der Waals surface area contributed by atoms with E-state index < -0.39 is 0 Å². The van der Waals surface area contributed by atoms with Crippen LogP contribution >= 0.6 is 0 Å². The number of hydrogen-bond acceptors (Lipinski definition) is 6. The number of furan rings is 1. The largest absolute Gasteiger partial charge is 0.492 e. The van der Waals surface area contributed by atoms with Crippen LogP contribution in [-0.4, -0.2) is 35.6 Å². The number of nitrogens with zero attached hydrogens (tertiary/aromatic N) is 3. The fourth-order valence-electron chi connectivity index (χ4n) is 3.68. The van der Waals surface area contributed by atoms with Crippen LogP contribution in [-0.2, 0) is 0 Å². The minimum Gasteiger partial charge on any atom is -0.492 e. The molecule has 0 spiro atoms. The molecule has 1 amide bonds. The summed E-state index contributed by atoms with van der Waals surface area (Å²) < 4.78 is 11.4. The number of carbonyl (C=O) groups excluding carboxylic acids is 1. The van der Waals surface area contributed by atoms with E-state index in [1.165, 1.54) is 12.7 Å². The molecule has 0 radical (unpaired) electrons. The van der Waals surface area contributed by atoms with Crippen LogP contribution in [0.2, 0.25) is 0 Å². The maximum Gasteiger partial charge on any atom is 0.260 e. The Morgan fingerprint density at radius 3 is 2.79 bits per heavy atom. The zero-order valence-corrected chi connectivity index (χ0v) is 16.2. The third kappa shape index (κ3) is 3.40. The second kappa shape index (κ2) is 7.88. The molecule has 1 fully saturated rings. The fourth-order valence-corrected chi connectivity index (χ4v) is 3.68. The highest BCUT2D eigenvalue weighted by molar-refractivity contribution is 6.15. The van der Waals surface area contributed by atoms with Crippen LogP contribution in [0.25, 0.3) is 11.1 Å². The lowest BCUT2D eigenvalue weighted by Gasteiger charge is -2.28. The lowest BCUT2D eigenvalue weighted by atomic mass is 10.1. The minimum absolute atomic E-state index is 0.253. The normalized spacial score (nSPS) is 14.3. The molecule has 3 aromatic rings. The Morgan fingerprint density at radius 1 is 1.21 bits per heavy atom. The van der Waals surface area contributed by atoms with Crippen molar-refractivity contribution in [3.8, 4) is 5.75 Å². The lowest BCUT2D eigenvalue weighted by Crippen LogP contribution is -2.30. The molecule has 28 heavy (non-hydrogen) atoms. The summed E-state index contributed by atoms with van der Waals surface area (Å²) in [6, 6.07) is 7.40. The molecule has 146 valence electrons. The van der Waals surface area contributed by atoms with E-state index in [4.69, 9.17) is 9.15 Å². The van der Waals surface area contributed by atoms with Gasteiger partial charge in [0.1, 0.15) is 23.7 Å². The molecule has 1 N–H and O–H groups in total. The lowest BCUT2D eigenvalue weighted by molar-refractivity contribution is 0.102. The first-order chi connectivity index (χ1) is 13.7. The number of carbonyl (C=O) groups is 1. The molecule has 7 nitrogen and oxygen atoms in total. The Balaban J connectivity index is 1.74. The highest BCUT2D eigenvalue weighted by atomic mass is 16.5. The zero-order chi connectivity index (χ0) is 19.5. The summed E-state index contributed by atoms with van der Waals surface area (Å²) in [5, 5.41) is 3.64. The van der Waals surface area contributed by atoms with Crippen LogP contribution in [0.4, 0.5) is 11.5 Å². The smallest absolute Gasteiger partial charge is 0.260 e. The number of ether oxygens (including phenoxy) is 1. The van der Waals surface area contributed by atoms with Crippen molar-refractivity contribution >= 4 is 28.5 Å². The second-order valence-corrected chi connectivity index (χ2v) is 6.84. The van der Waals surface area contributed by atoms with Crippen molar-refractivity contribution in [3.63, 3.8) is 0 Å². The summed E-state index contributed by atoms with van der Waals surface area (Å²) in [5.41, 5.74) is 1.54. The summed E-state index contributed by atoms with van der Waals surface area (Å²) in [6.45, 7) is 6.06. The first kappa shape index (κ1) is 18.3.